The normalized spacial score (nSPS) is 24.6. The molecule has 2 rings (SSSR count). The Labute approximate surface area is 129 Å². The molecule has 0 aromatic rings. The molecule has 2 aliphatic rings. The third-order valence-electron chi connectivity index (χ3n) is 4.40. The van der Waals surface area contributed by atoms with Crippen molar-refractivity contribution >= 4 is 22.6 Å². The highest BCUT2D eigenvalue weighted by atomic mass is 35.5. The maximum absolute atomic E-state index is 12.3. The van der Waals surface area contributed by atoms with Crippen LogP contribution in [0.5, 0.6) is 0 Å². The molecule has 0 amide bonds. The van der Waals surface area contributed by atoms with Crippen LogP contribution < -0.4 is 10.0 Å². The van der Waals surface area contributed by atoms with Crippen molar-refractivity contribution in [2.24, 2.45) is 5.41 Å². The summed E-state index contributed by atoms with van der Waals surface area (Å²) in [5.41, 5.74) is 0.101. The largest absolute Gasteiger partial charge is 0.317 e. The first kappa shape index (κ1) is 18.2. The van der Waals surface area contributed by atoms with Crippen LogP contribution in [0.25, 0.3) is 0 Å². The fourth-order valence-corrected chi connectivity index (χ4v) is 4.30. The summed E-state index contributed by atoms with van der Waals surface area (Å²) < 4.78 is 29.1. The van der Waals surface area contributed by atoms with Crippen molar-refractivity contribution in [2.75, 3.05) is 32.7 Å². The molecule has 2 saturated heterocycles. The number of halogens is 1. The highest BCUT2D eigenvalue weighted by Gasteiger charge is 2.30. The molecule has 0 saturated carbocycles. The van der Waals surface area contributed by atoms with Crippen LogP contribution in [0.15, 0.2) is 0 Å². The minimum atomic E-state index is -3.28. The summed E-state index contributed by atoms with van der Waals surface area (Å²) in [5.74, 6) is 0. The van der Waals surface area contributed by atoms with Crippen LogP contribution in [0.2, 0.25) is 0 Å². The average Bonchev–Trinajstić information content (AvgIpc) is 2.67. The number of nitrogens with one attached hydrogen (secondary N) is 2. The van der Waals surface area contributed by atoms with E-state index >= 15 is 0 Å². The van der Waals surface area contributed by atoms with Gasteiger partial charge in [0.1, 0.15) is 0 Å². The summed E-state index contributed by atoms with van der Waals surface area (Å²) in [7, 11) is -3.28. The van der Waals surface area contributed by atoms with E-state index in [9.17, 15) is 8.42 Å². The standard InChI is InChI=1S/C13H27N3O2S.ClH/c1-13(6-8-14-9-7-13)12-15-19(17,18)16-10-4-2-3-5-11-16;/h14-15H,2-12H2,1H3;1H. The third-order valence-corrected chi connectivity index (χ3v) is 5.95. The monoisotopic (exact) mass is 325 g/mol. The lowest BCUT2D eigenvalue weighted by Crippen LogP contribution is -2.47. The van der Waals surface area contributed by atoms with Gasteiger partial charge < -0.3 is 5.32 Å². The summed E-state index contributed by atoms with van der Waals surface area (Å²) in [6.07, 6.45) is 6.35. The van der Waals surface area contributed by atoms with Crippen molar-refractivity contribution in [1.82, 2.24) is 14.3 Å². The fraction of sp³-hybridized carbons (Fsp3) is 1.00. The Morgan fingerprint density at radius 3 is 2.20 bits per heavy atom. The molecule has 0 radical (unpaired) electrons. The number of hydrogen-bond acceptors (Lipinski definition) is 3. The maximum Gasteiger partial charge on any atom is 0.279 e. The van der Waals surface area contributed by atoms with Gasteiger partial charge >= 0.3 is 0 Å². The lowest BCUT2D eigenvalue weighted by atomic mass is 9.81. The van der Waals surface area contributed by atoms with E-state index in [2.05, 4.69) is 17.0 Å². The van der Waals surface area contributed by atoms with Crippen molar-refractivity contribution in [3.63, 3.8) is 0 Å². The molecular weight excluding hydrogens is 298 g/mol. The highest BCUT2D eigenvalue weighted by molar-refractivity contribution is 7.87. The van der Waals surface area contributed by atoms with Crippen molar-refractivity contribution < 1.29 is 8.42 Å². The minimum absolute atomic E-state index is 0. The van der Waals surface area contributed by atoms with E-state index in [0.717, 1.165) is 51.6 Å². The Balaban J connectivity index is 0.00000200. The third kappa shape index (κ3) is 5.15. The molecule has 0 atom stereocenters. The Morgan fingerprint density at radius 2 is 1.65 bits per heavy atom. The van der Waals surface area contributed by atoms with E-state index in [0.29, 0.717) is 19.6 Å². The van der Waals surface area contributed by atoms with Gasteiger partial charge in [-0.2, -0.15) is 12.7 Å². The van der Waals surface area contributed by atoms with Crippen LogP contribution in [0.3, 0.4) is 0 Å². The van der Waals surface area contributed by atoms with Gasteiger partial charge in [-0.05, 0) is 44.2 Å². The van der Waals surface area contributed by atoms with Gasteiger partial charge in [0.25, 0.3) is 10.2 Å². The van der Waals surface area contributed by atoms with Crippen molar-refractivity contribution in [3.05, 3.63) is 0 Å². The molecule has 0 bridgehead atoms. The topological polar surface area (TPSA) is 61.4 Å². The lowest BCUT2D eigenvalue weighted by Gasteiger charge is -2.34. The van der Waals surface area contributed by atoms with Crippen molar-refractivity contribution in [1.29, 1.82) is 0 Å². The van der Waals surface area contributed by atoms with Gasteiger partial charge in [0.2, 0.25) is 0 Å². The van der Waals surface area contributed by atoms with Crippen molar-refractivity contribution in [3.8, 4) is 0 Å². The van der Waals surface area contributed by atoms with Crippen LogP contribution in [0, 0.1) is 5.41 Å². The number of nitrogens with zero attached hydrogens (tertiary/aromatic N) is 1. The summed E-state index contributed by atoms with van der Waals surface area (Å²) in [4.78, 5) is 0. The van der Waals surface area contributed by atoms with E-state index in [1.807, 2.05) is 0 Å². The highest BCUT2D eigenvalue weighted by Crippen LogP contribution is 2.27. The Bertz CT molecular complexity index is 375. The second-order valence-electron chi connectivity index (χ2n) is 6.20. The molecule has 0 unspecified atom stereocenters. The van der Waals surface area contributed by atoms with E-state index < -0.39 is 10.2 Å². The average molecular weight is 326 g/mol. The fourth-order valence-electron chi connectivity index (χ4n) is 2.85. The van der Waals surface area contributed by atoms with Crippen LogP contribution in [-0.4, -0.2) is 45.4 Å². The predicted molar refractivity (Wildman–Crippen MR) is 84.4 cm³/mol. The molecule has 5 nitrogen and oxygen atoms in total. The first-order valence-corrected chi connectivity index (χ1v) is 8.91. The summed E-state index contributed by atoms with van der Waals surface area (Å²) in [5, 5.41) is 3.32. The smallest absolute Gasteiger partial charge is 0.279 e. The van der Waals surface area contributed by atoms with Gasteiger partial charge in [-0.15, -0.1) is 12.4 Å². The summed E-state index contributed by atoms with van der Waals surface area (Å²) >= 11 is 0. The van der Waals surface area contributed by atoms with Crippen LogP contribution in [-0.2, 0) is 10.2 Å². The molecule has 2 aliphatic heterocycles. The van der Waals surface area contributed by atoms with E-state index in [1.54, 1.807) is 4.31 Å². The Kier molecular flexibility index (Phi) is 7.21. The zero-order valence-corrected chi connectivity index (χ0v) is 14.0. The van der Waals surface area contributed by atoms with E-state index in [-0.39, 0.29) is 17.8 Å². The second kappa shape index (κ2) is 7.94. The number of rotatable bonds is 4. The Hall–Kier alpha value is 0.120. The van der Waals surface area contributed by atoms with E-state index in [1.165, 1.54) is 0 Å². The molecule has 2 fully saturated rings. The van der Waals surface area contributed by atoms with Gasteiger partial charge in [-0.1, -0.05) is 19.8 Å². The first-order valence-electron chi connectivity index (χ1n) is 7.47. The molecule has 2 heterocycles. The van der Waals surface area contributed by atoms with Gasteiger partial charge in [0.05, 0.1) is 0 Å². The van der Waals surface area contributed by atoms with Crippen molar-refractivity contribution in [2.45, 2.75) is 45.4 Å². The van der Waals surface area contributed by atoms with Crippen LogP contribution >= 0.6 is 12.4 Å². The zero-order chi connectivity index (χ0) is 13.8. The molecule has 2 N–H and O–H groups in total. The Morgan fingerprint density at radius 1 is 1.10 bits per heavy atom. The molecule has 120 valence electrons. The molecule has 20 heavy (non-hydrogen) atoms. The molecule has 7 heteroatoms. The quantitative estimate of drug-likeness (QED) is 0.823. The van der Waals surface area contributed by atoms with Crippen LogP contribution in [0.4, 0.5) is 0 Å². The second-order valence-corrected chi connectivity index (χ2v) is 7.96. The SMILES string of the molecule is CC1(CNS(=O)(=O)N2CCCCCC2)CCNCC1.Cl. The lowest BCUT2D eigenvalue weighted by molar-refractivity contribution is 0.230. The molecule has 0 aromatic heterocycles. The first-order chi connectivity index (χ1) is 9.02. The molecule has 0 spiro atoms. The molecular formula is C13H28ClN3O2S. The number of hydrogen-bond donors (Lipinski definition) is 2. The van der Waals surface area contributed by atoms with Gasteiger partial charge in [0, 0.05) is 19.6 Å². The predicted octanol–water partition coefficient (Wildman–Crippen LogP) is 1.51. The zero-order valence-electron chi connectivity index (χ0n) is 12.4. The summed E-state index contributed by atoms with van der Waals surface area (Å²) in [6, 6.07) is 0. The van der Waals surface area contributed by atoms with Gasteiger partial charge in [-0.3, -0.25) is 0 Å². The van der Waals surface area contributed by atoms with Gasteiger partial charge in [-0.25, -0.2) is 4.72 Å². The number of piperidine rings is 1. The van der Waals surface area contributed by atoms with E-state index in [4.69, 9.17) is 0 Å². The maximum atomic E-state index is 12.3. The molecule has 0 aliphatic carbocycles. The van der Waals surface area contributed by atoms with Crippen LogP contribution in [0.1, 0.15) is 45.4 Å². The minimum Gasteiger partial charge on any atom is -0.317 e. The molecule has 0 aromatic carbocycles. The summed E-state index contributed by atoms with van der Waals surface area (Å²) in [6.45, 7) is 6.07. The van der Waals surface area contributed by atoms with Gasteiger partial charge in [0.15, 0.2) is 0 Å².